The number of nitrogens with two attached hydrogens (primary N) is 1. The van der Waals surface area contributed by atoms with Gasteiger partial charge in [0.05, 0.1) is 25.0 Å². The molecule has 0 amide bonds. The van der Waals surface area contributed by atoms with Gasteiger partial charge in [-0.2, -0.15) is 0 Å². The minimum absolute atomic E-state index is 0.0770. The molecule has 0 saturated carbocycles. The van der Waals surface area contributed by atoms with Gasteiger partial charge in [-0.15, -0.1) is 0 Å². The molecule has 2 N–H and O–H groups in total. The molecule has 0 radical (unpaired) electrons. The summed E-state index contributed by atoms with van der Waals surface area (Å²) in [5, 5.41) is 0. The smallest absolute Gasteiger partial charge is 0.123 e. The van der Waals surface area contributed by atoms with E-state index in [4.69, 9.17) is 15.2 Å². The number of nitrogen functional groups attached to an aromatic ring is 1. The lowest BCUT2D eigenvalue weighted by molar-refractivity contribution is -0.0127. The Kier molecular flexibility index (Phi) is 5.07. The zero-order valence-electron chi connectivity index (χ0n) is 9.27. The van der Waals surface area contributed by atoms with Crippen LogP contribution in [0.15, 0.2) is 18.2 Å². The number of aromatic nitrogens is 1. The molecule has 1 rings (SSSR count). The second kappa shape index (κ2) is 6.37. The van der Waals surface area contributed by atoms with Crippen molar-refractivity contribution in [1.29, 1.82) is 0 Å². The van der Waals surface area contributed by atoms with E-state index in [-0.39, 0.29) is 6.10 Å². The quantitative estimate of drug-likeness (QED) is 0.775. The highest BCUT2D eigenvalue weighted by atomic mass is 16.5. The van der Waals surface area contributed by atoms with Crippen LogP contribution in [0.25, 0.3) is 0 Å². The molecule has 4 heteroatoms. The van der Waals surface area contributed by atoms with Gasteiger partial charge < -0.3 is 15.2 Å². The molecule has 1 unspecified atom stereocenters. The second-order valence-corrected chi connectivity index (χ2v) is 3.33. The third-order valence-corrected chi connectivity index (χ3v) is 1.90. The van der Waals surface area contributed by atoms with E-state index in [1.54, 1.807) is 6.07 Å². The van der Waals surface area contributed by atoms with Crippen molar-refractivity contribution in [2.24, 2.45) is 0 Å². The molecule has 1 atom stereocenters. The van der Waals surface area contributed by atoms with E-state index < -0.39 is 0 Å². The lowest BCUT2D eigenvalue weighted by Crippen LogP contribution is -2.16. The molecule has 84 valence electrons. The van der Waals surface area contributed by atoms with E-state index in [0.717, 1.165) is 5.69 Å². The Balaban J connectivity index is 2.30. The maximum Gasteiger partial charge on any atom is 0.123 e. The predicted molar refractivity (Wildman–Crippen MR) is 59.4 cm³/mol. The van der Waals surface area contributed by atoms with Gasteiger partial charge in [0.2, 0.25) is 0 Å². The summed E-state index contributed by atoms with van der Waals surface area (Å²) in [4.78, 5) is 4.14. The van der Waals surface area contributed by atoms with Crippen LogP contribution in [0.1, 0.15) is 19.5 Å². The first-order valence-electron chi connectivity index (χ1n) is 5.13. The third-order valence-electron chi connectivity index (χ3n) is 1.90. The Labute approximate surface area is 90.4 Å². The summed E-state index contributed by atoms with van der Waals surface area (Å²) in [7, 11) is 0. The van der Waals surface area contributed by atoms with Gasteiger partial charge in [-0.3, -0.25) is 0 Å². The van der Waals surface area contributed by atoms with Gasteiger partial charge in [0, 0.05) is 6.61 Å². The highest BCUT2D eigenvalue weighted by Crippen LogP contribution is 2.04. The van der Waals surface area contributed by atoms with Gasteiger partial charge in [0.1, 0.15) is 5.82 Å². The Morgan fingerprint density at radius 1 is 1.47 bits per heavy atom. The SMILES string of the molecule is CCOCC(C)OCc1cccc(N)n1. The van der Waals surface area contributed by atoms with E-state index in [9.17, 15) is 0 Å². The zero-order valence-corrected chi connectivity index (χ0v) is 9.27. The van der Waals surface area contributed by atoms with Gasteiger partial charge in [-0.05, 0) is 26.0 Å². The zero-order chi connectivity index (χ0) is 11.1. The minimum Gasteiger partial charge on any atom is -0.384 e. The number of pyridine rings is 1. The third kappa shape index (κ3) is 4.76. The first kappa shape index (κ1) is 11.9. The summed E-state index contributed by atoms with van der Waals surface area (Å²) in [5.74, 6) is 0.522. The van der Waals surface area contributed by atoms with Crippen molar-refractivity contribution in [3.63, 3.8) is 0 Å². The fraction of sp³-hybridized carbons (Fsp3) is 0.545. The molecule has 1 heterocycles. The van der Waals surface area contributed by atoms with Gasteiger partial charge in [-0.1, -0.05) is 6.07 Å². The molecule has 0 fully saturated rings. The first-order valence-corrected chi connectivity index (χ1v) is 5.13. The molecule has 1 aromatic heterocycles. The number of hydrogen-bond donors (Lipinski definition) is 1. The molecule has 0 aliphatic carbocycles. The monoisotopic (exact) mass is 210 g/mol. The molecule has 0 aliphatic rings. The Bertz CT molecular complexity index is 292. The van der Waals surface area contributed by atoms with Gasteiger partial charge >= 0.3 is 0 Å². The summed E-state index contributed by atoms with van der Waals surface area (Å²) in [6, 6.07) is 5.52. The van der Waals surface area contributed by atoms with Crippen LogP contribution in [-0.2, 0) is 16.1 Å². The fourth-order valence-electron chi connectivity index (χ4n) is 1.14. The lowest BCUT2D eigenvalue weighted by atomic mass is 10.3. The van der Waals surface area contributed by atoms with E-state index in [2.05, 4.69) is 4.98 Å². The molecule has 15 heavy (non-hydrogen) atoms. The largest absolute Gasteiger partial charge is 0.384 e. The highest BCUT2D eigenvalue weighted by Gasteiger charge is 2.03. The van der Waals surface area contributed by atoms with E-state index in [0.29, 0.717) is 25.6 Å². The number of anilines is 1. The van der Waals surface area contributed by atoms with Crippen LogP contribution in [-0.4, -0.2) is 24.3 Å². The molecule has 0 saturated heterocycles. The van der Waals surface area contributed by atoms with Crippen LogP contribution in [0.3, 0.4) is 0 Å². The molecule has 1 aromatic rings. The average molecular weight is 210 g/mol. The standard InChI is InChI=1S/C11H18N2O2/c1-3-14-7-9(2)15-8-10-5-4-6-11(12)13-10/h4-6,9H,3,7-8H2,1-2H3,(H2,12,13). The molecule has 0 spiro atoms. The van der Waals surface area contributed by atoms with Crippen molar-refractivity contribution in [1.82, 2.24) is 4.98 Å². The van der Waals surface area contributed by atoms with E-state index >= 15 is 0 Å². The Hall–Kier alpha value is -1.13. The topological polar surface area (TPSA) is 57.4 Å². The van der Waals surface area contributed by atoms with Crippen molar-refractivity contribution < 1.29 is 9.47 Å². The van der Waals surface area contributed by atoms with Crippen LogP contribution in [0.5, 0.6) is 0 Å². The van der Waals surface area contributed by atoms with Crippen molar-refractivity contribution >= 4 is 5.82 Å². The average Bonchev–Trinajstić information content (AvgIpc) is 2.23. The maximum atomic E-state index is 5.55. The molecule has 4 nitrogen and oxygen atoms in total. The molecule has 0 bridgehead atoms. The molecular weight excluding hydrogens is 192 g/mol. The maximum absolute atomic E-state index is 5.55. The van der Waals surface area contributed by atoms with Crippen molar-refractivity contribution in [2.75, 3.05) is 18.9 Å². The number of ether oxygens (including phenoxy) is 2. The number of rotatable bonds is 6. The summed E-state index contributed by atoms with van der Waals surface area (Å²) in [6.07, 6.45) is 0.0770. The van der Waals surface area contributed by atoms with Crippen LogP contribution in [0.2, 0.25) is 0 Å². The Morgan fingerprint density at radius 2 is 2.27 bits per heavy atom. The molecular formula is C11H18N2O2. The molecule has 0 aromatic carbocycles. The normalized spacial score (nSPS) is 12.7. The predicted octanol–water partition coefficient (Wildman–Crippen LogP) is 1.61. The summed E-state index contributed by atoms with van der Waals surface area (Å²) >= 11 is 0. The minimum atomic E-state index is 0.0770. The van der Waals surface area contributed by atoms with Crippen LogP contribution >= 0.6 is 0 Å². The van der Waals surface area contributed by atoms with Crippen molar-refractivity contribution in [3.8, 4) is 0 Å². The second-order valence-electron chi connectivity index (χ2n) is 3.33. The van der Waals surface area contributed by atoms with Gasteiger partial charge in [0.15, 0.2) is 0 Å². The van der Waals surface area contributed by atoms with Crippen molar-refractivity contribution in [2.45, 2.75) is 26.6 Å². The van der Waals surface area contributed by atoms with E-state index in [1.165, 1.54) is 0 Å². The van der Waals surface area contributed by atoms with E-state index in [1.807, 2.05) is 26.0 Å². The highest BCUT2D eigenvalue weighted by molar-refractivity contribution is 5.28. The summed E-state index contributed by atoms with van der Waals surface area (Å²) < 4.78 is 10.8. The summed E-state index contributed by atoms with van der Waals surface area (Å²) in [6.45, 7) is 5.73. The summed E-state index contributed by atoms with van der Waals surface area (Å²) in [5.41, 5.74) is 6.40. The number of hydrogen-bond acceptors (Lipinski definition) is 4. The number of nitrogens with zero attached hydrogens (tertiary/aromatic N) is 1. The van der Waals surface area contributed by atoms with Crippen molar-refractivity contribution in [3.05, 3.63) is 23.9 Å². The van der Waals surface area contributed by atoms with Crippen LogP contribution in [0, 0.1) is 0 Å². The van der Waals surface area contributed by atoms with Gasteiger partial charge in [0.25, 0.3) is 0 Å². The Morgan fingerprint density at radius 3 is 2.93 bits per heavy atom. The van der Waals surface area contributed by atoms with Crippen LogP contribution in [0.4, 0.5) is 5.82 Å². The fourth-order valence-corrected chi connectivity index (χ4v) is 1.14. The van der Waals surface area contributed by atoms with Crippen LogP contribution < -0.4 is 5.73 Å². The lowest BCUT2D eigenvalue weighted by Gasteiger charge is -2.12. The molecule has 0 aliphatic heterocycles. The first-order chi connectivity index (χ1) is 7.22. The van der Waals surface area contributed by atoms with Gasteiger partial charge in [-0.25, -0.2) is 4.98 Å².